The van der Waals surface area contributed by atoms with Gasteiger partial charge in [-0.1, -0.05) is 144 Å². The van der Waals surface area contributed by atoms with E-state index in [0.29, 0.717) is 12.8 Å². The lowest BCUT2D eigenvalue weighted by atomic mass is 10.1. The number of carbonyl (C=O) groups is 2. The predicted molar refractivity (Wildman–Crippen MR) is 233 cm³/mol. The number of ether oxygens (including phenoxy) is 2. The molecule has 2 unspecified atom stereocenters. The Morgan fingerprint density at radius 1 is 0.554 bits per heavy atom. The van der Waals surface area contributed by atoms with Crippen LogP contribution in [-0.4, -0.2) is 49.3 Å². The monoisotopic (exact) mass is 804 g/mol. The van der Waals surface area contributed by atoms with Crippen molar-refractivity contribution in [3.05, 3.63) is 85.1 Å². The lowest BCUT2D eigenvalue weighted by Gasteiger charge is -2.19. The number of allylic oxidation sites excluding steroid dienone is 14. The Balaban J connectivity index is 4.28. The first kappa shape index (κ1) is 53.2. The molecule has 0 radical (unpaired) electrons. The Kier molecular flexibility index (Phi) is 39.7. The van der Waals surface area contributed by atoms with Crippen LogP contribution >= 0.6 is 7.82 Å². The van der Waals surface area contributed by atoms with E-state index in [2.05, 4.69) is 98.9 Å². The molecule has 56 heavy (non-hydrogen) atoms. The third kappa shape index (κ3) is 40.8. The molecule has 0 bridgehead atoms. The number of rotatable bonds is 39. The molecule has 0 aliphatic heterocycles. The van der Waals surface area contributed by atoms with E-state index < -0.39 is 32.5 Å². The summed E-state index contributed by atoms with van der Waals surface area (Å²) < 4.78 is 32.7. The molecule has 2 atom stereocenters. The molecule has 0 spiro atoms. The normalized spacial score (nSPS) is 14.1. The van der Waals surface area contributed by atoms with Crippen LogP contribution in [0.4, 0.5) is 0 Å². The third-order valence-corrected chi connectivity index (χ3v) is 9.50. The number of nitrogens with two attached hydrogens (primary N) is 1. The van der Waals surface area contributed by atoms with Gasteiger partial charge in [-0.15, -0.1) is 0 Å². The van der Waals surface area contributed by atoms with Crippen molar-refractivity contribution in [2.45, 2.75) is 168 Å². The first-order valence-electron chi connectivity index (χ1n) is 21.6. The van der Waals surface area contributed by atoms with Crippen LogP contribution in [0, 0.1) is 0 Å². The summed E-state index contributed by atoms with van der Waals surface area (Å²) in [5.74, 6) is -0.897. The van der Waals surface area contributed by atoms with Crippen molar-refractivity contribution in [1.29, 1.82) is 0 Å². The van der Waals surface area contributed by atoms with Gasteiger partial charge >= 0.3 is 19.8 Å². The second-order valence-corrected chi connectivity index (χ2v) is 15.3. The largest absolute Gasteiger partial charge is 0.472 e. The fourth-order valence-electron chi connectivity index (χ4n) is 5.34. The van der Waals surface area contributed by atoms with Gasteiger partial charge in [-0.25, -0.2) is 4.57 Å². The number of hydrogen-bond acceptors (Lipinski definition) is 8. The molecule has 0 aliphatic rings. The van der Waals surface area contributed by atoms with Crippen molar-refractivity contribution < 1.29 is 37.6 Å². The Hall–Kier alpha value is -2.81. The molecule has 0 rings (SSSR count). The molecule has 0 saturated carbocycles. The predicted octanol–water partition coefficient (Wildman–Crippen LogP) is 12.4. The van der Waals surface area contributed by atoms with E-state index >= 15 is 0 Å². The number of unbranched alkanes of at least 4 members (excludes halogenated alkanes) is 12. The lowest BCUT2D eigenvalue weighted by molar-refractivity contribution is -0.161. The SMILES string of the molecule is CC/C=C\C/C=C\C/C=C\C/C=C\C/C=C\C/C=C\CCCCC(=O)OC(COC(=O)CCCCCCC/C=C\CCCCCCC)COP(=O)(O)OCCN. The van der Waals surface area contributed by atoms with Crippen LogP contribution in [0.25, 0.3) is 0 Å². The van der Waals surface area contributed by atoms with Gasteiger partial charge in [0, 0.05) is 19.4 Å². The van der Waals surface area contributed by atoms with E-state index in [1.54, 1.807) is 0 Å². The molecule has 0 amide bonds. The van der Waals surface area contributed by atoms with E-state index in [9.17, 15) is 19.0 Å². The van der Waals surface area contributed by atoms with Crippen LogP contribution in [0.5, 0.6) is 0 Å². The van der Waals surface area contributed by atoms with Crippen molar-refractivity contribution >= 4 is 19.8 Å². The molecule has 9 nitrogen and oxygen atoms in total. The minimum atomic E-state index is -4.40. The maximum Gasteiger partial charge on any atom is 0.472 e. The quantitative estimate of drug-likeness (QED) is 0.0269. The van der Waals surface area contributed by atoms with Crippen LogP contribution < -0.4 is 5.73 Å². The van der Waals surface area contributed by atoms with Crippen LogP contribution in [0.2, 0.25) is 0 Å². The van der Waals surface area contributed by atoms with Gasteiger partial charge in [-0.3, -0.25) is 18.6 Å². The molecule has 3 N–H and O–H groups in total. The fraction of sp³-hybridized carbons (Fsp3) is 0.652. The van der Waals surface area contributed by atoms with Gasteiger partial charge < -0.3 is 20.1 Å². The van der Waals surface area contributed by atoms with E-state index in [1.807, 2.05) is 0 Å². The number of phosphoric acid groups is 1. The fourth-order valence-corrected chi connectivity index (χ4v) is 6.10. The highest BCUT2D eigenvalue weighted by molar-refractivity contribution is 7.47. The summed E-state index contributed by atoms with van der Waals surface area (Å²) >= 11 is 0. The summed E-state index contributed by atoms with van der Waals surface area (Å²) in [7, 11) is -4.40. The van der Waals surface area contributed by atoms with Crippen LogP contribution in [0.15, 0.2) is 85.1 Å². The maximum absolute atomic E-state index is 12.6. The minimum Gasteiger partial charge on any atom is -0.462 e. The molecule has 0 saturated heterocycles. The first-order valence-corrected chi connectivity index (χ1v) is 23.1. The highest BCUT2D eigenvalue weighted by Gasteiger charge is 2.25. The molecular weight excluding hydrogens is 725 g/mol. The number of phosphoric ester groups is 1. The third-order valence-electron chi connectivity index (χ3n) is 8.52. The second kappa shape index (κ2) is 41.8. The Bertz CT molecular complexity index is 1190. The van der Waals surface area contributed by atoms with Crippen LogP contribution in [-0.2, 0) is 32.7 Å². The summed E-state index contributed by atoms with van der Waals surface area (Å²) in [6, 6.07) is 0. The molecule has 0 fully saturated rings. The number of hydrogen-bond donors (Lipinski definition) is 2. The lowest BCUT2D eigenvalue weighted by Crippen LogP contribution is -2.29. The highest BCUT2D eigenvalue weighted by Crippen LogP contribution is 2.43. The van der Waals surface area contributed by atoms with Gasteiger partial charge in [0.1, 0.15) is 6.61 Å². The van der Waals surface area contributed by atoms with Gasteiger partial charge in [0.15, 0.2) is 6.10 Å². The van der Waals surface area contributed by atoms with Crippen molar-refractivity contribution in [3.63, 3.8) is 0 Å². The van der Waals surface area contributed by atoms with Crippen molar-refractivity contribution in [2.75, 3.05) is 26.4 Å². The van der Waals surface area contributed by atoms with Gasteiger partial charge in [0.2, 0.25) is 0 Å². The summed E-state index contributed by atoms with van der Waals surface area (Å²) in [5, 5.41) is 0. The van der Waals surface area contributed by atoms with Crippen molar-refractivity contribution in [3.8, 4) is 0 Å². The van der Waals surface area contributed by atoms with E-state index in [1.165, 1.54) is 38.5 Å². The number of carbonyl (C=O) groups excluding carboxylic acids is 2. The summed E-state index contributed by atoms with van der Waals surface area (Å²) in [4.78, 5) is 34.8. The minimum absolute atomic E-state index is 0.0405. The molecule has 0 aromatic carbocycles. The Morgan fingerprint density at radius 3 is 1.52 bits per heavy atom. The van der Waals surface area contributed by atoms with Crippen molar-refractivity contribution in [2.24, 2.45) is 5.73 Å². The number of esters is 2. The summed E-state index contributed by atoms with van der Waals surface area (Å²) in [6.07, 6.45) is 51.9. The van der Waals surface area contributed by atoms with Gasteiger partial charge in [0.05, 0.1) is 13.2 Å². The van der Waals surface area contributed by atoms with Gasteiger partial charge in [-0.05, 0) is 89.9 Å². The maximum atomic E-state index is 12.6. The average Bonchev–Trinajstić information content (AvgIpc) is 3.18. The molecular formula is C46H78NO8P. The zero-order chi connectivity index (χ0) is 41.1. The van der Waals surface area contributed by atoms with Gasteiger partial charge in [-0.2, -0.15) is 0 Å². The Labute approximate surface area is 341 Å². The molecule has 0 aliphatic carbocycles. The molecule has 0 heterocycles. The van der Waals surface area contributed by atoms with E-state index in [-0.39, 0.29) is 32.6 Å². The van der Waals surface area contributed by atoms with Crippen LogP contribution in [0.3, 0.4) is 0 Å². The smallest absolute Gasteiger partial charge is 0.462 e. The average molecular weight is 804 g/mol. The Morgan fingerprint density at radius 2 is 0.982 bits per heavy atom. The molecule has 10 heteroatoms. The van der Waals surface area contributed by atoms with Crippen molar-refractivity contribution in [1.82, 2.24) is 0 Å². The standard InChI is InChI=1S/C46H78NO8P/c1-3-5-7-9-11-13-15-17-19-20-21-22-23-24-25-27-29-31-33-35-37-39-46(49)55-44(43-54-56(50,51)53-41-40-47)42-52-45(48)38-36-34-32-30-28-26-18-16-14-12-10-8-6-4-2/h5,7,11,13,16-19,21-22,24-25,29,31,44H,3-4,6,8-10,12,14-15,20,23,26-28,30,32-43,47H2,1-2H3,(H,50,51)/b7-5-,13-11-,18-16-,19-17-,22-21-,25-24-,31-29-. The summed E-state index contributed by atoms with van der Waals surface area (Å²) in [6.45, 7) is 3.53. The van der Waals surface area contributed by atoms with E-state index in [4.69, 9.17) is 24.3 Å². The zero-order valence-electron chi connectivity index (χ0n) is 35.1. The second-order valence-electron chi connectivity index (χ2n) is 13.8. The zero-order valence-corrected chi connectivity index (χ0v) is 36.0. The van der Waals surface area contributed by atoms with Gasteiger partial charge in [0.25, 0.3) is 0 Å². The van der Waals surface area contributed by atoms with E-state index in [0.717, 1.165) is 83.5 Å². The summed E-state index contributed by atoms with van der Waals surface area (Å²) in [5.41, 5.74) is 5.34. The molecule has 0 aromatic rings. The highest BCUT2D eigenvalue weighted by atomic mass is 31.2. The van der Waals surface area contributed by atoms with Crippen LogP contribution in [0.1, 0.15) is 162 Å². The molecule has 320 valence electrons. The topological polar surface area (TPSA) is 134 Å². The molecule has 0 aromatic heterocycles. The first-order chi connectivity index (χ1) is 27.3.